The van der Waals surface area contributed by atoms with E-state index in [1.165, 1.54) is 5.56 Å². The Morgan fingerprint density at radius 3 is 1.88 bits per heavy atom. The zero-order chi connectivity index (χ0) is 19.3. The zero-order valence-corrected chi connectivity index (χ0v) is 16.4. The molecular weight excluding hydrogens is 330 g/mol. The van der Waals surface area contributed by atoms with Crippen LogP contribution in [0.25, 0.3) is 0 Å². The van der Waals surface area contributed by atoms with Gasteiger partial charge in [-0.1, -0.05) is 17.7 Å². The number of hydrogen-bond acceptors (Lipinski definition) is 4. The van der Waals surface area contributed by atoms with Gasteiger partial charge < -0.3 is 19.5 Å². The molecule has 0 spiro atoms. The van der Waals surface area contributed by atoms with Gasteiger partial charge in [0, 0.05) is 12.1 Å². The third kappa shape index (κ3) is 4.48. The van der Waals surface area contributed by atoms with Crippen LogP contribution in [0.3, 0.4) is 0 Å². The van der Waals surface area contributed by atoms with Crippen molar-refractivity contribution in [2.24, 2.45) is 0 Å². The Morgan fingerprint density at radius 1 is 0.885 bits per heavy atom. The van der Waals surface area contributed by atoms with E-state index in [2.05, 4.69) is 24.4 Å². The van der Waals surface area contributed by atoms with Crippen LogP contribution in [0.2, 0.25) is 0 Å². The molecule has 0 unspecified atom stereocenters. The monoisotopic (exact) mass is 357 g/mol. The van der Waals surface area contributed by atoms with Crippen molar-refractivity contribution in [2.45, 2.75) is 33.6 Å². The van der Waals surface area contributed by atoms with Gasteiger partial charge in [0.25, 0.3) is 0 Å². The maximum Gasteiger partial charge on any atom is 0.224 e. The zero-order valence-electron chi connectivity index (χ0n) is 16.4. The number of carbonyl (C=O) groups excluding carboxylic acids is 1. The highest BCUT2D eigenvalue weighted by Gasteiger charge is 2.14. The highest BCUT2D eigenvalue weighted by molar-refractivity contribution is 5.92. The van der Waals surface area contributed by atoms with Crippen LogP contribution < -0.4 is 19.5 Å². The molecule has 0 fully saturated rings. The van der Waals surface area contributed by atoms with Gasteiger partial charge in [-0.2, -0.15) is 0 Å². The molecule has 140 valence electrons. The van der Waals surface area contributed by atoms with Crippen molar-refractivity contribution in [3.8, 4) is 17.2 Å². The summed E-state index contributed by atoms with van der Waals surface area (Å²) in [5, 5.41) is 3.03. The van der Waals surface area contributed by atoms with E-state index in [4.69, 9.17) is 14.2 Å². The molecule has 2 rings (SSSR count). The van der Waals surface area contributed by atoms with Crippen molar-refractivity contribution >= 4 is 11.6 Å². The number of ether oxygens (including phenoxy) is 3. The summed E-state index contributed by atoms with van der Waals surface area (Å²) in [6.07, 6.45) is 0.942. The van der Waals surface area contributed by atoms with Crippen molar-refractivity contribution in [3.63, 3.8) is 0 Å². The molecule has 0 aliphatic rings. The molecular formula is C21H27NO4. The van der Waals surface area contributed by atoms with E-state index in [9.17, 15) is 4.79 Å². The minimum atomic E-state index is -0.0196. The summed E-state index contributed by atoms with van der Waals surface area (Å²) in [6, 6.07) is 7.89. The number of anilines is 1. The second-order valence-electron chi connectivity index (χ2n) is 6.36. The first-order chi connectivity index (χ1) is 12.4. The van der Waals surface area contributed by atoms with Crippen LogP contribution in [0.1, 0.15) is 28.7 Å². The van der Waals surface area contributed by atoms with Crippen molar-refractivity contribution in [1.82, 2.24) is 0 Å². The molecule has 2 aromatic carbocycles. The number of benzene rings is 2. The standard InChI is InChI=1S/C21H27NO4/c1-13-9-14(2)20(15(3)10-13)22-19(23)8-7-16-11-17(24-4)21(26-6)18(12-16)25-5/h9-12H,7-8H2,1-6H3,(H,22,23). The molecule has 0 heterocycles. The van der Waals surface area contributed by atoms with Gasteiger partial charge in [0.05, 0.1) is 21.3 Å². The van der Waals surface area contributed by atoms with E-state index < -0.39 is 0 Å². The molecule has 1 amide bonds. The van der Waals surface area contributed by atoms with Gasteiger partial charge >= 0.3 is 0 Å². The van der Waals surface area contributed by atoms with Crippen molar-refractivity contribution < 1.29 is 19.0 Å². The van der Waals surface area contributed by atoms with E-state index in [1.54, 1.807) is 21.3 Å². The van der Waals surface area contributed by atoms with Gasteiger partial charge in [-0.05, 0) is 56.0 Å². The summed E-state index contributed by atoms with van der Waals surface area (Å²) in [5.41, 5.74) is 5.18. The summed E-state index contributed by atoms with van der Waals surface area (Å²) in [4.78, 5) is 12.4. The van der Waals surface area contributed by atoms with Gasteiger partial charge in [-0.3, -0.25) is 4.79 Å². The first-order valence-electron chi connectivity index (χ1n) is 8.56. The van der Waals surface area contributed by atoms with Crippen molar-refractivity contribution in [2.75, 3.05) is 26.6 Å². The molecule has 0 radical (unpaired) electrons. The largest absolute Gasteiger partial charge is 0.493 e. The summed E-state index contributed by atoms with van der Waals surface area (Å²) < 4.78 is 16.0. The summed E-state index contributed by atoms with van der Waals surface area (Å²) in [5.74, 6) is 1.71. The minimum Gasteiger partial charge on any atom is -0.493 e. The first kappa shape index (κ1) is 19.6. The fourth-order valence-corrected chi connectivity index (χ4v) is 3.12. The number of methoxy groups -OCH3 is 3. The third-order valence-electron chi connectivity index (χ3n) is 4.31. The molecule has 0 atom stereocenters. The Labute approximate surface area is 155 Å². The van der Waals surface area contributed by atoms with E-state index in [1.807, 2.05) is 26.0 Å². The maximum absolute atomic E-state index is 12.4. The average Bonchev–Trinajstić information content (AvgIpc) is 2.61. The smallest absolute Gasteiger partial charge is 0.224 e. The fraction of sp³-hybridized carbons (Fsp3) is 0.381. The van der Waals surface area contributed by atoms with Crippen molar-refractivity contribution in [3.05, 3.63) is 46.5 Å². The number of aryl methyl sites for hydroxylation is 4. The normalized spacial score (nSPS) is 10.4. The first-order valence-corrected chi connectivity index (χ1v) is 8.56. The molecule has 5 heteroatoms. The Morgan fingerprint density at radius 2 is 1.42 bits per heavy atom. The molecule has 0 bridgehead atoms. The molecule has 0 aliphatic carbocycles. The second-order valence-corrected chi connectivity index (χ2v) is 6.36. The van der Waals surface area contributed by atoms with Gasteiger partial charge in [0.1, 0.15) is 0 Å². The number of amides is 1. The molecule has 0 aliphatic heterocycles. The summed E-state index contributed by atoms with van der Waals surface area (Å²) >= 11 is 0. The maximum atomic E-state index is 12.4. The molecule has 0 saturated heterocycles. The van der Waals surface area contributed by atoms with E-state index in [-0.39, 0.29) is 5.91 Å². The number of rotatable bonds is 7. The molecule has 5 nitrogen and oxygen atoms in total. The lowest BCUT2D eigenvalue weighted by atomic mass is 10.0. The highest BCUT2D eigenvalue weighted by Crippen LogP contribution is 2.38. The Kier molecular flexibility index (Phi) is 6.50. The van der Waals surface area contributed by atoms with Gasteiger partial charge in [0.2, 0.25) is 11.7 Å². The Balaban J connectivity index is 2.10. The summed E-state index contributed by atoms with van der Waals surface area (Å²) in [6.45, 7) is 6.07. The minimum absolute atomic E-state index is 0.0196. The number of hydrogen-bond donors (Lipinski definition) is 1. The molecule has 0 saturated carbocycles. The van der Waals surface area contributed by atoms with Crippen LogP contribution in [0, 0.1) is 20.8 Å². The third-order valence-corrected chi connectivity index (χ3v) is 4.31. The topological polar surface area (TPSA) is 56.8 Å². The lowest BCUT2D eigenvalue weighted by Crippen LogP contribution is -2.14. The van der Waals surface area contributed by atoms with E-state index >= 15 is 0 Å². The van der Waals surface area contributed by atoms with Crippen LogP contribution in [0.5, 0.6) is 17.2 Å². The van der Waals surface area contributed by atoms with Crippen LogP contribution in [0.15, 0.2) is 24.3 Å². The quantitative estimate of drug-likeness (QED) is 0.806. The lowest BCUT2D eigenvalue weighted by Gasteiger charge is -2.15. The number of carbonyl (C=O) groups is 1. The van der Waals surface area contributed by atoms with Crippen LogP contribution in [-0.2, 0) is 11.2 Å². The van der Waals surface area contributed by atoms with E-state index in [0.29, 0.717) is 30.1 Å². The lowest BCUT2D eigenvalue weighted by molar-refractivity contribution is -0.116. The predicted octanol–water partition coefficient (Wildman–Crippen LogP) is 4.21. The van der Waals surface area contributed by atoms with Crippen LogP contribution >= 0.6 is 0 Å². The van der Waals surface area contributed by atoms with Crippen LogP contribution in [0.4, 0.5) is 5.69 Å². The van der Waals surface area contributed by atoms with Gasteiger partial charge in [-0.25, -0.2) is 0 Å². The average molecular weight is 357 g/mol. The number of nitrogens with one attached hydrogen (secondary N) is 1. The van der Waals surface area contributed by atoms with Crippen LogP contribution in [-0.4, -0.2) is 27.2 Å². The molecule has 1 N–H and O–H groups in total. The Bertz CT molecular complexity index is 751. The SMILES string of the molecule is COc1cc(CCC(=O)Nc2c(C)cc(C)cc2C)cc(OC)c1OC. The van der Waals surface area contributed by atoms with Gasteiger partial charge in [0.15, 0.2) is 11.5 Å². The van der Waals surface area contributed by atoms with Gasteiger partial charge in [-0.15, -0.1) is 0 Å². The second kappa shape index (κ2) is 8.61. The molecule has 0 aromatic heterocycles. The fourth-order valence-electron chi connectivity index (χ4n) is 3.12. The predicted molar refractivity (Wildman–Crippen MR) is 104 cm³/mol. The highest BCUT2D eigenvalue weighted by atomic mass is 16.5. The molecule has 2 aromatic rings. The molecule has 26 heavy (non-hydrogen) atoms. The Hall–Kier alpha value is -2.69. The summed E-state index contributed by atoms with van der Waals surface area (Å²) in [7, 11) is 4.73. The van der Waals surface area contributed by atoms with E-state index in [0.717, 1.165) is 22.4 Å². The van der Waals surface area contributed by atoms with Crippen molar-refractivity contribution in [1.29, 1.82) is 0 Å².